The third-order valence-electron chi connectivity index (χ3n) is 5.99. The maximum absolute atomic E-state index is 13.3. The molecule has 164 valence electrons. The van der Waals surface area contributed by atoms with E-state index in [0.29, 0.717) is 28.1 Å². The molecule has 1 amide bonds. The van der Waals surface area contributed by atoms with E-state index in [9.17, 15) is 4.79 Å². The standard InChI is InChI=1S/C25H27N5O2/c1-16(2)30-24-21(14-26-30)20(13-22(28-24)23-5-4-12-32-23)25(31)27-18-6-8-19(9-7-18)29-11-10-17(3)15-29/h4-9,12-14,16-17H,10-11,15H2,1-3H3,(H,27,31). The van der Waals surface area contributed by atoms with Gasteiger partial charge in [-0.2, -0.15) is 5.10 Å². The van der Waals surface area contributed by atoms with Crippen molar-refractivity contribution in [1.82, 2.24) is 14.8 Å². The summed E-state index contributed by atoms with van der Waals surface area (Å²) < 4.78 is 7.36. The van der Waals surface area contributed by atoms with Crippen molar-refractivity contribution >= 4 is 28.3 Å². The van der Waals surface area contributed by atoms with Gasteiger partial charge in [-0.05, 0) is 68.7 Å². The minimum Gasteiger partial charge on any atom is -0.463 e. The number of carbonyl (C=O) groups excluding carboxylic acids is 1. The molecule has 1 unspecified atom stereocenters. The zero-order valence-electron chi connectivity index (χ0n) is 18.6. The summed E-state index contributed by atoms with van der Waals surface area (Å²) in [6, 6.07) is 13.6. The van der Waals surface area contributed by atoms with E-state index in [-0.39, 0.29) is 11.9 Å². The first-order chi connectivity index (χ1) is 15.5. The van der Waals surface area contributed by atoms with Crippen LogP contribution in [0.3, 0.4) is 0 Å². The smallest absolute Gasteiger partial charge is 0.256 e. The highest BCUT2D eigenvalue weighted by molar-refractivity contribution is 6.12. The average molecular weight is 430 g/mol. The van der Waals surface area contributed by atoms with Crippen LogP contribution in [-0.4, -0.2) is 33.8 Å². The number of hydrogen-bond acceptors (Lipinski definition) is 5. The molecule has 4 aromatic rings. The lowest BCUT2D eigenvalue weighted by Gasteiger charge is -2.18. The van der Waals surface area contributed by atoms with E-state index in [4.69, 9.17) is 9.40 Å². The van der Waals surface area contributed by atoms with Crippen LogP contribution in [-0.2, 0) is 0 Å². The van der Waals surface area contributed by atoms with Gasteiger partial charge in [0.25, 0.3) is 5.91 Å². The number of pyridine rings is 1. The fourth-order valence-electron chi connectivity index (χ4n) is 4.26. The van der Waals surface area contributed by atoms with Crippen molar-refractivity contribution in [2.24, 2.45) is 5.92 Å². The molecule has 0 bridgehead atoms. The van der Waals surface area contributed by atoms with Gasteiger partial charge in [0.1, 0.15) is 5.69 Å². The summed E-state index contributed by atoms with van der Waals surface area (Å²) in [7, 11) is 0. The molecule has 1 aliphatic heterocycles. The molecule has 1 aliphatic rings. The Labute approximate surface area is 187 Å². The van der Waals surface area contributed by atoms with Crippen molar-refractivity contribution in [2.75, 3.05) is 23.3 Å². The molecule has 5 rings (SSSR count). The number of benzene rings is 1. The fourth-order valence-corrected chi connectivity index (χ4v) is 4.26. The Bertz CT molecular complexity index is 1240. The lowest BCUT2D eigenvalue weighted by atomic mass is 10.1. The highest BCUT2D eigenvalue weighted by Crippen LogP contribution is 2.28. The first kappa shape index (κ1) is 20.3. The number of furan rings is 1. The third-order valence-corrected chi connectivity index (χ3v) is 5.99. The average Bonchev–Trinajstić information content (AvgIpc) is 3.54. The zero-order chi connectivity index (χ0) is 22.2. The van der Waals surface area contributed by atoms with Crippen molar-refractivity contribution in [3.05, 3.63) is 60.5 Å². The quantitative estimate of drug-likeness (QED) is 0.461. The maximum atomic E-state index is 13.3. The highest BCUT2D eigenvalue weighted by atomic mass is 16.3. The minimum absolute atomic E-state index is 0.114. The van der Waals surface area contributed by atoms with Crippen LogP contribution < -0.4 is 10.2 Å². The molecular weight excluding hydrogens is 402 g/mol. The van der Waals surface area contributed by atoms with E-state index in [0.717, 1.165) is 24.7 Å². The van der Waals surface area contributed by atoms with Gasteiger partial charge in [0.15, 0.2) is 11.4 Å². The SMILES string of the molecule is CC1CCN(c2ccc(NC(=O)c3cc(-c4ccco4)nc4c3cnn4C(C)C)cc2)C1. The van der Waals surface area contributed by atoms with Crippen LogP contribution in [0.15, 0.2) is 59.3 Å². The third kappa shape index (κ3) is 3.75. The molecule has 0 aliphatic carbocycles. The van der Waals surface area contributed by atoms with Gasteiger partial charge < -0.3 is 14.6 Å². The number of anilines is 2. The van der Waals surface area contributed by atoms with Crippen molar-refractivity contribution in [3.63, 3.8) is 0 Å². The second-order valence-electron chi connectivity index (χ2n) is 8.79. The molecular formula is C25H27N5O2. The molecule has 1 N–H and O–H groups in total. The number of carbonyl (C=O) groups is 1. The van der Waals surface area contributed by atoms with Crippen LogP contribution in [0, 0.1) is 5.92 Å². The largest absolute Gasteiger partial charge is 0.463 e. The topological polar surface area (TPSA) is 76.2 Å². The van der Waals surface area contributed by atoms with Gasteiger partial charge in [-0.3, -0.25) is 4.79 Å². The van der Waals surface area contributed by atoms with Crippen LogP contribution >= 0.6 is 0 Å². The molecule has 0 spiro atoms. The Balaban J connectivity index is 1.46. The van der Waals surface area contributed by atoms with E-state index >= 15 is 0 Å². The predicted molar refractivity (Wildman–Crippen MR) is 126 cm³/mol. The number of aromatic nitrogens is 3. The zero-order valence-corrected chi connectivity index (χ0v) is 18.6. The summed E-state index contributed by atoms with van der Waals surface area (Å²) >= 11 is 0. The van der Waals surface area contributed by atoms with E-state index in [2.05, 4.69) is 34.4 Å². The summed E-state index contributed by atoms with van der Waals surface area (Å²) in [5.74, 6) is 1.14. The predicted octanol–water partition coefficient (Wildman–Crippen LogP) is 5.37. The molecule has 1 aromatic carbocycles. The van der Waals surface area contributed by atoms with E-state index < -0.39 is 0 Å². The summed E-state index contributed by atoms with van der Waals surface area (Å²) in [5, 5.41) is 8.22. The number of rotatable bonds is 5. The molecule has 1 saturated heterocycles. The Morgan fingerprint density at radius 2 is 2.03 bits per heavy atom. The van der Waals surface area contributed by atoms with Crippen molar-refractivity contribution in [2.45, 2.75) is 33.2 Å². The van der Waals surface area contributed by atoms with Gasteiger partial charge in [-0.1, -0.05) is 6.92 Å². The van der Waals surface area contributed by atoms with E-state index in [1.165, 1.54) is 12.1 Å². The van der Waals surface area contributed by atoms with Gasteiger partial charge in [-0.15, -0.1) is 0 Å². The molecule has 32 heavy (non-hydrogen) atoms. The van der Waals surface area contributed by atoms with Gasteiger partial charge in [0.2, 0.25) is 0 Å². The summed E-state index contributed by atoms with van der Waals surface area (Å²) in [6.07, 6.45) is 4.53. The van der Waals surface area contributed by atoms with Crippen molar-refractivity contribution < 1.29 is 9.21 Å². The number of nitrogens with zero attached hydrogens (tertiary/aromatic N) is 4. The number of nitrogens with one attached hydrogen (secondary N) is 1. The van der Waals surface area contributed by atoms with Gasteiger partial charge in [-0.25, -0.2) is 9.67 Å². The van der Waals surface area contributed by atoms with Crippen LogP contribution in [0.25, 0.3) is 22.5 Å². The summed E-state index contributed by atoms with van der Waals surface area (Å²) in [4.78, 5) is 20.4. The number of hydrogen-bond donors (Lipinski definition) is 1. The first-order valence-corrected chi connectivity index (χ1v) is 11.1. The molecule has 0 saturated carbocycles. The summed E-state index contributed by atoms with van der Waals surface area (Å²) in [6.45, 7) is 8.52. The van der Waals surface area contributed by atoms with Crippen molar-refractivity contribution in [1.29, 1.82) is 0 Å². The molecule has 3 aromatic heterocycles. The van der Waals surface area contributed by atoms with E-state index in [1.54, 1.807) is 18.5 Å². The van der Waals surface area contributed by atoms with Crippen LogP contribution in [0.1, 0.15) is 43.6 Å². The Hall–Kier alpha value is -3.61. The molecule has 4 heterocycles. The van der Waals surface area contributed by atoms with Gasteiger partial charge in [0, 0.05) is 30.5 Å². The highest BCUT2D eigenvalue weighted by Gasteiger charge is 2.21. The van der Waals surface area contributed by atoms with E-state index in [1.807, 2.05) is 42.8 Å². The van der Waals surface area contributed by atoms with Crippen LogP contribution in [0.2, 0.25) is 0 Å². The lowest BCUT2D eigenvalue weighted by Crippen LogP contribution is -2.19. The normalized spacial score (nSPS) is 16.2. The molecule has 1 atom stereocenters. The second-order valence-corrected chi connectivity index (χ2v) is 8.79. The Kier molecular flexibility index (Phi) is 5.17. The Morgan fingerprint density at radius 1 is 1.22 bits per heavy atom. The lowest BCUT2D eigenvalue weighted by molar-refractivity contribution is 0.102. The number of amides is 1. The monoisotopic (exact) mass is 429 g/mol. The second kappa shape index (κ2) is 8.15. The summed E-state index contributed by atoms with van der Waals surface area (Å²) in [5.41, 5.74) is 3.74. The van der Waals surface area contributed by atoms with Crippen molar-refractivity contribution in [3.8, 4) is 11.5 Å². The molecule has 7 heteroatoms. The van der Waals surface area contributed by atoms with Crippen LogP contribution in [0.5, 0.6) is 0 Å². The molecule has 7 nitrogen and oxygen atoms in total. The Morgan fingerprint density at radius 3 is 2.69 bits per heavy atom. The first-order valence-electron chi connectivity index (χ1n) is 11.1. The van der Waals surface area contributed by atoms with Gasteiger partial charge >= 0.3 is 0 Å². The fraction of sp³-hybridized carbons (Fsp3) is 0.320. The minimum atomic E-state index is -0.198. The van der Waals surface area contributed by atoms with Gasteiger partial charge in [0.05, 0.1) is 23.4 Å². The van der Waals surface area contributed by atoms with Crippen LogP contribution in [0.4, 0.5) is 11.4 Å². The number of fused-ring (bicyclic) bond motifs is 1. The maximum Gasteiger partial charge on any atom is 0.256 e. The molecule has 1 fully saturated rings. The molecule has 0 radical (unpaired) electrons.